The molecule has 11 heavy (non-hydrogen) atoms. The van der Waals surface area contributed by atoms with Crippen molar-refractivity contribution in [1.29, 1.82) is 0 Å². The zero-order chi connectivity index (χ0) is 8.10. The van der Waals surface area contributed by atoms with Gasteiger partial charge in [-0.3, -0.25) is 4.99 Å². The Morgan fingerprint density at radius 3 is 2.82 bits per heavy atom. The molecule has 64 valence electrons. The summed E-state index contributed by atoms with van der Waals surface area (Å²) in [6.07, 6.45) is 0.696. The molecule has 0 saturated heterocycles. The molecule has 0 aliphatic carbocycles. The summed E-state index contributed by atoms with van der Waals surface area (Å²) in [5, 5.41) is 2.62. The maximum atomic E-state index is 11.7. The Morgan fingerprint density at radius 2 is 2.27 bits per heavy atom. The summed E-state index contributed by atoms with van der Waals surface area (Å²) in [5.74, 6) is 0.747. The molecule has 2 nitrogen and oxygen atoms in total. The van der Waals surface area contributed by atoms with Gasteiger partial charge in [-0.25, -0.2) is 8.78 Å². The third-order valence-electron chi connectivity index (χ3n) is 1.58. The third kappa shape index (κ3) is 3.30. The summed E-state index contributed by atoms with van der Waals surface area (Å²) in [5.41, 5.74) is 0. The van der Waals surface area contributed by atoms with Crippen molar-refractivity contribution >= 4 is 5.84 Å². The molecule has 0 saturated carbocycles. The van der Waals surface area contributed by atoms with E-state index in [0.29, 0.717) is 0 Å². The zero-order valence-corrected chi connectivity index (χ0v) is 6.32. The van der Waals surface area contributed by atoms with Gasteiger partial charge in [-0.05, 0) is 12.8 Å². The van der Waals surface area contributed by atoms with Crippen molar-refractivity contribution < 1.29 is 8.78 Å². The molecule has 0 unspecified atom stereocenters. The highest BCUT2D eigenvalue weighted by Gasteiger charge is 2.06. The molecule has 0 radical (unpaired) electrons. The Balaban J connectivity index is 2.19. The predicted molar refractivity (Wildman–Crippen MR) is 40.2 cm³/mol. The van der Waals surface area contributed by atoms with E-state index >= 15 is 0 Å². The summed E-state index contributed by atoms with van der Waals surface area (Å²) >= 11 is 0. The van der Waals surface area contributed by atoms with Gasteiger partial charge in [0.25, 0.3) is 6.43 Å². The van der Waals surface area contributed by atoms with Gasteiger partial charge in [0.05, 0.1) is 12.4 Å². The van der Waals surface area contributed by atoms with Crippen molar-refractivity contribution in [2.75, 3.05) is 13.1 Å². The van der Waals surface area contributed by atoms with E-state index in [1.54, 1.807) is 0 Å². The smallest absolute Gasteiger partial charge is 0.255 e. The van der Waals surface area contributed by atoms with Gasteiger partial charge in [-0.1, -0.05) is 0 Å². The van der Waals surface area contributed by atoms with E-state index in [4.69, 9.17) is 0 Å². The zero-order valence-electron chi connectivity index (χ0n) is 6.32. The molecule has 1 aliphatic rings. The van der Waals surface area contributed by atoms with Crippen LogP contribution in [0.5, 0.6) is 0 Å². The van der Waals surface area contributed by atoms with E-state index in [2.05, 4.69) is 10.3 Å². The highest BCUT2D eigenvalue weighted by atomic mass is 19.3. The van der Waals surface area contributed by atoms with Crippen molar-refractivity contribution in [3.8, 4) is 0 Å². The summed E-state index contributed by atoms with van der Waals surface area (Å²) in [6, 6.07) is 0. The van der Waals surface area contributed by atoms with Gasteiger partial charge in [-0.2, -0.15) is 0 Å². The number of rotatable bonds is 2. The Bertz CT molecular complexity index is 145. The van der Waals surface area contributed by atoms with Gasteiger partial charge >= 0.3 is 0 Å². The normalized spacial score (nSPS) is 18.3. The quantitative estimate of drug-likeness (QED) is 0.652. The van der Waals surface area contributed by atoms with Crippen molar-refractivity contribution in [3.05, 3.63) is 0 Å². The predicted octanol–water partition coefficient (Wildman–Crippen LogP) is 1.42. The van der Waals surface area contributed by atoms with E-state index in [0.717, 1.165) is 31.6 Å². The molecule has 0 amide bonds. The van der Waals surface area contributed by atoms with Gasteiger partial charge in [-0.15, -0.1) is 0 Å². The van der Waals surface area contributed by atoms with Crippen LogP contribution in [0.4, 0.5) is 8.78 Å². The molecule has 1 N–H and O–H groups in total. The number of aliphatic imine (C=N–C) groups is 1. The second kappa shape index (κ2) is 4.26. The van der Waals surface area contributed by atoms with Crippen LogP contribution in [-0.4, -0.2) is 25.4 Å². The molecule has 0 aromatic carbocycles. The molecule has 0 fully saturated rings. The van der Waals surface area contributed by atoms with Crippen molar-refractivity contribution in [3.63, 3.8) is 0 Å². The topological polar surface area (TPSA) is 24.4 Å². The summed E-state index contributed by atoms with van der Waals surface area (Å²) in [7, 11) is 0. The lowest BCUT2D eigenvalue weighted by Crippen LogP contribution is -2.30. The Kier molecular flexibility index (Phi) is 3.26. The first-order chi connectivity index (χ1) is 5.29. The molecule has 1 rings (SSSR count). The molecule has 1 heterocycles. The van der Waals surface area contributed by atoms with Crippen LogP contribution in [0.1, 0.15) is 19.3 Å². The maximum Gasteiger partial charge on any atom is 0.255 e. The summed E-state index contributed by atoms with van der Waals surface area (Å²) in [6.45, 7) is 0.518. The molecular weight excluding hydrogens is 150 g/mol. The lowest BCUT2D eigenvalue weighted by atomic mass is 10.2. The minimum atomic E-state index is -2.28. The molecule has 0 aromatic rings. The van der Waals surface area contributed by atoms with E-state index in [1.807, 2.05) is 0 Å². The first-order valence-corrected chi connectivity index (χ1v) is 3.84. The minimum Gasteiger partial charge on any atom is -0.368 e. The highest BCUT2D eigenvalue weighted by molar-refractivity contribution is 5.82. The minimum absolute atomic E-state index is 0.265. The van der Waals surface area contributed by atoms with Crippen molar-refractivity contribution in [1.82, 2.24) is 5.32 Å². The van der Waals surface area contributed by atoms with Crippen LogP contribution >= 0.6 is 0 Å². The number of nitrogens with zero attached hydrogens (tertiary/aromatic N) is 1. The average Bonchev–Trinajstić information content (AvgIpc) is 2.03. The number of amidine groups is 1. The number of halogens is 2. The molecule has 4 heteroatoms. The fraction of sp³-hybridized carbons (Fsp3) is 0.857. The third-order valence-corrected chi connectivity index (χ3v) is 1.58. The van der Waals surface area contributed by atoms with E-state index in [1.165, 1.54) is 0 Å². The van der Waals surface area contributed by atoms with Crippen LogP contribution in [0.3, 0.4) is 0 Å². The van der Waals surface area contributed by atoms with Crippen LogP contribution in [0.25, 0.3) is 0 Å². The van der Waals surface area contributed by atoms with Crippen LogP contribution in [0, 0.1) is 0 Å². The number of hydrogen-bond acceptors (Lipinski definition) is 2. The van der Waals surface area contributed by atoms with Gasteiger partial charge in [0.15, 0.2) is 0 Å². The molecule has 0 spiro atoms. The van der Waals surface area contributed by atoms with Crippen molar-refractivity contribution in [2.24, 2.45) is 4.99 Å². The Labute approximate surface area is 64.7 Å². The van der Waals surface area contributed by atoms with Crippen LogP contribution < -0.4 is 5.32 Å². The molecular formula is C7H12F2N2. The van der Waals surface area contributed by atoms with Gasteiger partial charge in [0, 0.05) is 13.0 Å². The van der Waals surface area contributed by atoms with Crippen molar-refractivity contribution in [2.45, 2.75) is 25.7 Å². The maximum absolute atomic E-state index is 11.7. The number of hydrogen-bond donors (Lipinski definition) is 1. The highest BCUT2D eigenvalue weighted by Crippen LogP contribution is 2.03. The Morgan fingerprint density at radius 1 is 1.45 bits per heavy atom. The lowest BCUT2D eigenvalue weighted by molar-refractivity contribution is 0.152. The number of nitrogens with one attached hydrogen (secondary N) is 1. The fourth-order valence-corrected chi connectivity index (χ4v) is 1.04. The van der Waals surface area contributed by atoms with Gasteiger partial charge in [0.2, 0.25) is 0 Å². The standard InChI is InChI=1S/C7H12F2N2/c8-6(9)5-11-7-3-1-2-4-10-7/h6H,1-5H2,(H,10,11). The van der Waals surface area contributed by atoms with E-state index in [-0.39, 0.29) is 6.54 Å². The monoisotopic (exact) mass is 162 g/mol. The Hall–Kier alpha value is -0.670. The van der Waals surface area contributed by atoms with E-state index in [9.17, 15) is 8.78 Å². The molecule has 0 aromatic heterocycles. The van der Waals surface area contributed by atoms with Crippen LogP contribution in [-0.2, 0) is 0 Å². The van der Waals surface area contributed by atoms with E-state index < -0.39 is 6.43 Å². The second-order valence-corrected chi connectivity index (χ2v) is 2.56. The van der Waals surface area contributed by atoms with Crippen LogP contribution in [0.15, 0.2) is 4.99 Å². The summed E-state index contributed by atoms with van der Waals surface area (Å²) in [4.78, 5) is 4.07. The molecule has 0 bridgehead atoms. The molecule has 1 aliphatic heterocycles. The summed E-state index contributed by atoms with van der Waals surface area (Å²) < 4.78 is 23.3. The van der Waals surface area contributed by atoms with Crippen LogP contribution in [0.2, 0.25) is 0 Å². The first kappa shape index (κ1) is 8.43. The fourth-order valence-electron chi connectivity index (χ4n) is 1.04. The second-order valence-electron chi connectivity index (χ2n) is 2.56. The number of alkyl halides is 2. The first-order valence-electron chi connectivity index (χ1n) is 3.84. The SMILES string of the molecule is FC(F)CNC1=NCCCC1. The molecule has 0 atom stereocenters. The largest absolute Gasteiger partial charge is 0.368 e. The average molecular weight is 162 g/mol. The van der Waals surface area contributed by atoms with Gasteiger partial charge in [0.1, 0.15) is 0 Å². The van der Waals surface area contributed by atoms with Gasteiger partial charge < -0.3 is 5.32 Å². The lowest BCUT2D eigenvalue weighted by Gasteiger charge is -2.12.